The van der Waals surface area contributed by atoms with Gasteiger partial charge in [-0.15, -0.1) is 0 Å². The molecule has 1 aromatic rings. The molecule has 0 unspecified atom stereocenters. The van der Waals surface area contributed by atoms with E-state index in [1.165, 1.54) is 23.0 Å². The van der Waals surface area contributed by atoms with Crippen LogP contribution in [-0.2, 0) is 10.0 Å². The minimum Gasteiger partial charge on any atom is -0.459 e. The molecule has 0 amide bonds. The van der Waals surface area contributed by atoms with Crippen LogP contribution in [0.3, 0.4) is 0 Å². The summed E-state index contributed by atoms with van der Waals surface area (Å²) >= 11 is 5.64. The van der Waals surface area contributed by atoms with Gasteiger partial charge in [0.2, 0.25) is 10.0 Å². The van der Waals surface area contributed by atoms with E-state index in [2.05, 4.69) is 9.97 Å². The minimum absolute atomic E-state index is 0.203. The van der Waals surface area contributed by atoms with Crippen molar-refractivity contribution in [2.24, 2.45) is 0 Å². The number of hydrogen-bond donors (Lipinski definition) is 0. The van der Waals surface area contributed by atoms with E-state index in [1.54, 1.807) is 0 Å². The molecule has 1 saturated heterocycles. The highest BCUT2D eigenvalue weighted by molar-refractivity contribution is 7.88. The highest BCUT2D eigenvalue weighted by Crippen LogP contribution is 2.17. The predicted octanol–water partition coefficient (Wildman–Crippen LogP) is 0.543. The molecule has 1 atom stereocenters. The van der Waals surface area contributed by atoms with Gasteiger partial charge in [0.05, 0.1) is 30.2 Å². The summed E-state index contributed by atoms with van der Waals surface area (Å²) in [5, 5.41) is 0.432. The molecule has 2 heterocycles. The highest BCUT2D eigenvalue weighted by Gasteiger charge is 2.30. The predicted molar refractivity (Wildman–Crippen MR) is 62.5 cm³/mol. The maximum Gasteiger partial charge on any atom is 0.316 e. The molecule has 0 bridgehead atoms. The van der Waals surface area contributed by atoms with Gasteiger partial charge in [-0.05, 0) is 6.42 Å². The molecule has 6 nitrogen and oxygen atoms in total. The zero-order valence-electron chi connectivity index (χ0n) is 9.21. The molecular weight excluding hydrogens is 266 g/mol. The third kappa shape index (κ3) is 3.27. The fourth-order valence-corrected chi connectivity index (χ4v) is 2.58. The van der Waals surface area contributed by atoms with E-state index < -0.39 is 10.0 Å². The normalized spacial score (nSPS) is 21.6. The van der Waals surface area contributed by atoms with Crippen molar-refractivity contribution >= 4 is 21.6 Å². The van der Waals surface area contributed by atoms with Crippen LogP contribution in [0.4, 0.5) is 0 Å². The van der Waals surface area contributed by atoms with Crippen molar-refractivity contribution in [3.63, 3.8) is 0 Å². The van der Waals surface area contributed by atoms with Gasteiger partial charge in [0.1, 0.15) is 6.10 Å². The number of ether oxygens (including phenoxy) is 1. The fourth-order valence-electron chi connectivity index (χ4n) is 1.61. The second-order valence-corrected chi connectivity index (χ2v) is 6.25. The van der Waals surface area contributed by atoms with Crippen molar-refractivity contribution in [3.05, 3.63) is 17.4 Å². The molecular formula is C9H12ClN3O3S. The molecule has 0 N–H and O–H groups in total. The van der Waals surface area contributed by atoms with Gasteiger partial charge < -0.3 is 4.74 Å². The summed E-state index contributed by atoms with van der Waals surface area (Å²) < 4.78 is 29.4. The summed E-state index contributed by atoms with van der Waals surface area (Å²) in [6, 6.07) is 0.217. The van der Waals surface area contributed by atoms with Crippen LogP contribution in [0.5, 0.6) is 6.01 Å². The van der Waals surface area contributed by atoms with Gasteiger partial charge in [0.15, 0.2) is 0 Å². The Hall–Kier alpha value is -0.920. The molecule has 1 aliphatic rings. The molecule has 1 aromatic heterocycles. The Morgan fingerprint density at radius 2 is 2.12 bits per heavy atom. The van der Waals surface area contributed by atoms with Crippen LogP contribution in [0.1, 0.15) is 6.42 Å². The molecule has 94 valence electrons. The molecule has 1 fully saturated rings. The average molecular weight is 278 g/mol. The largest absolute Gasteiger partial charge is 0.459 e. The van der Waals surface area contributed by atoms with Gasteiger partial charge in [-0.1, -0.05) is 11.6 Å². The number of hydrogen-bond acceptors (Lipinski definition) is 5. The fraction of sp³-hybridized carbons (Fsp3) is 0.556. The monoisotopic (exact) mass is 277 g/mol. The zero-order valence-corrected chi connectivity index (χ0v) is 10.8. The Labute approximate surface area is 105 Å². The Bertz CT molecular complexity index is 491. The number of aromatic nitrogens is 2. The van der Waals surface area contributed by atoms with E-state index in [-0.39, 0.29) is 12.1 Å². The first-order valence-corrected chi connectivity index (χ1v) is 7.27. The lowest BCUT2D eigenvalue weighted by molar-refractivity contribution is 0.197. The summed E-state index contributed by atoms with van der Waals surface area (Å²) in [6.07, 6.45) is 4.50. The quantitative estimate of drug-likeness (QED) is 0.806. The van der Waals surface area contributed by atoms with E-state index in [0.717, 1.165) is 0 Å². The number of rotatable bonds is 3. The summed E-state index contributed by atoms with van der Waals surface area (Å²) in [4.78, 5) is 7.79. The Balaban J connectivity index is 1.96. The lowest BCUT2D eigenvalue weighted by Crippen LogP contribution is -2.30. The molecule has 0 aliphatic carbocycles. The lowest BCUT2D eigenvalue weighted by atomic mass is 10.3. The van der Waals surface area contributed by atoms with Crippen molar-refractivity contribution in [2.75, 3.05) is 19.3 Å². The first-order valence-electron chi connectivity index (χ1n) is 5.04. The summed E-state index contributed by atoms with van der Waals surface area (Å²) in [6.45, 7) is 0.807. The summed E-state index contributed by atoms with van der Waals surface area (Å²) in [7, 11) is -3.14. The van der Waals surface area contributed by atoms with Gasteiger partial charge in [0, 0.05) is 6.54 Å². The Morgan fingerprint density at radius 3 is 2.65 bits per heavy atom. The SMILES string of the molecule is CS(=O)(=O)N1CC[C@H](Oc2ncc(Cl)cn2)C1. The van der Waals surface area contributed by atoms with Crippen LogP contribution in [0, 0.1) is 0 Å². The summed E-state index contributed by atoms with van der Waals surface area (Å²) in [5.41, 5.74) is 0. The van der Waals surface area contributed by atoms with E-state index in [4.69, 9.17) is 16.3 Å². The topological polar surface area (TPSA) is 72.4 Å². The number of sulfonamides is 1. The molecule has 0 radical (unpaired) electrons. The highest BCUT2D eigenvalue weighted by atomic mass is 35.5. The van der Waals surface area contributed by atoms with Crippen molar-refractivity contribution in [1.82, 2.24) is 14.3 Å². The van der Waals surface area contributed by atoms with E-state index in [1.807, 2.05) is 0 Å². The molecule has 17 heavy (non-hydrogen) atoms. The van der Waals surface area contributed by atoms with Crippen molar-refractivity contribution in [3.8, 4) is 6.01 Å². The van der Waals surface area contributed by atoms with Crippen LogP contribution < -0.4 is 4.74 Å². The molecule has 0 saturated carbocycles. The average Bonchev–Trinajstić information content (AvgIpc) is 2.69. The van der Waals surface area contributed by atoms with Gasteiger partial charge >= 0.3 is 6.01 Å². The molecule has 0 spiro atoms. The van der Waals surface area contributed by atoms with Gasteiger partial charge in [-0.25, -0.2) is 18.4 Å². The minimum atomic E-state index is -3.14. The second kappa shape index (κ2) is 4.75. The molecule has 0 aromatic carbocycles. The standard InChI is InChI=1S/C9H12ClN3O3S/c1-17(14,15)13-3-2-8(6-13)16-9-11-4-7(10)5-12-9/h4-5,8H,2-3,6H2,1H3/t8-/m0/s1. The van der Waals surface area contributed by atoms with Crippen LogP contribution in [-0.4, -0.2) is 48.1 Å². The van der Waals surface area contributed by atoms with Crippen LogP contribution in [0.2, 0.25) is 5.02 Å². The first-order chi connectivity index (χ1) is 7.95. The van der Waals surface area contributed by atoms with Gasteiger partial charge in [-0.2, -0.15) is 4.31 Å². The van der Waals surface area contributed by atoms with Crippen molar-refractivity contribution in [2.45, 2.75) is 12.5 Å². The third-order valence-corrected chi connectivity index (χ3v) is 3.91. The lowest BCUT2D eigenvalue weighted by Gasteiger charge is -2.13. The van der Waals surface area contributed by atoms with Crippen molar-refractivity contribution < 1.29 is 13.2 Å². The number of halogens is 1. The maximum absolute atomic E-state index is 11.3. The van der Waals surface area contributed by atoms with E-state index >= 15 is 0 Å². The Kier molecular flexibility index (Phi) is 3.50. The van der Waals surface area contributed by atoms with Gasteiger partial charge in [0.25, 0.3) is 0 Å². The van der Waals surface area contributed by atoms with Crippen LogP contribution in [0.25, 0.3) is 0 Å². The smallest absolute Gasteiger partial charge is 0.316 e. The molecule has 2 rings (SSSR count). The Morgan fingerprint density at radius 1 is 1.47 bits per heavy atom. The first kappa shape index (κ1) is 12.5. The number of nitrogens with zero attached hydrogens (tertiary/aromatic N) is 3. The van der Waals surface area contributed by atoms with Crippen LogP contribution >= 0.6 is 11.6 Å². The zero-order chi connectivity index (χ0) is 12.5. The third-order valence-electron chi connectivity index (χ3n) is 2.45. The maximum atomic E-state index is 11.3. The van der Waals surface area contributed by atoms with Gasteiger partial charge in [-0.3, -0.25) is 0 Å². The summed E-state index contributed by atoms with van der Waals surface area (Å²) in [5.74, 6) is 0. The molecule has 1 aliphatic heterocycles. The van der Waals surface area contributed by atoms with E-state index in [0.29, 0.717) is 24.5 Å². The van der Waals surface area contributed by atoms with E-state index in [9.17, 15) is 8.42 Å². The van der Waals surface area contributed by atoms with Crippen molar-refractivity contribution in [1.29, 1.82) is 0 Å². The van der Waals surface area contributed by atoms with Crippen LogP contribution in [0.15, 0.2) is 12.4 Å². The molecule has 8 heteroatoms. The second-order valence-electron chi connectivity index (χ2n) is 3.83.